The van der Waals surface area contributed by atoms with Crippen molar-refractivity contribution >= 4 is 24.2 Å². The van der Waals surface area contributed by atoms with Crippen LogP contribution in [-0.2, 0) is 35.0 Å². The number of carbonyl (C=O) groups excluding carboxylic acids is 4. The number of carbonyl (C=O) groups is 4. The molecule has 0 spiro atoms. The van der Waals surface area contributed by atoms with Crippen molar-refractivity contribution in [2.75, 3.05) is 13.2 Å². The summed E-state index contributed by atoms with van der Waals surface area (Å²) in [4.78, 5) is 48.8. The highest BCUT2D eigenvalue weighted by Crippen LogP contribution is 2.30. The molecule has 0 saturated heterocycles. The second kappa shape index (κ2) is 18.1. The molecule has 5 atom stereocenters. The minimum absolute atomic E-state index is 0.0204. The van der Waals surface area contributed by atoms with E-state index in [4.69, 9.17) is 34.2 Å². The summed E-state index contributed by atoms with van der Waals surface area (Å²) >= 11 is 0. The van der Waals surface area contributed by atoms with Crippen LogP contribution in [0.2, 0.25) is 0 Å². The van der Waals surface area contributed by atoms with E-state index in [-0.39, 0.29) is 55.4 Å². The molecule has 1 aromatic carbocycles. The zero-order valence-corrected chi connectivity index (χ0v) is 24.7. The van der Waals surface area contributed by atoms with E-state index in [1.807, 2.05) is 34.6 Å². The van der Waals surface area contributed by atoms with E-state index in [1.54, 1.807) is 19.9 Å². The summed E-state index contributed by atoms with van der Waals surface area (Å²) in [6.07, 6.45) is -0.706. The van der Waals surface area contributed by atoms with E-state index in [9.17, 15) is 19.2 Å². The highest BCUT2D eigenvalue weighted by molar-refractivity contribution is 5.76. The molecule has 1 rings (SSSR count). The van der Waals surface area contributed by atoms with Gasteiger partial charge in [0.1, 0.15) is 18.2 Å². The molecule has 3 unspecified atom stereocenters. The van der Waals surface area contributed by atoms with Crippen molar-refractivity contribution in [2.45, 2.75) is 98.8 Å². The first-order valence-corrected chi connectivity index (χ1v) is 13.9. The lowest BCUT2D eigenvalue weighted by Crippen LogP contribution is -2.39. The molecule has 11 heteroatoms. The van der Waals surface area contributed by atoms with Crippen LogP contribution in [0.5, 0.6) is 11.5 Å². The van der Waals surface area contributed by atoms with Crippen molar-refractivity contribution in [3.63, 3.8) is 0 Å². The molecule has 0 saturated carbocycles. The number of hydrogen-bond acceptors (Lipinski definition) is 11. The summed E-state index contributed by atoms with van der Waals surface area (Å²) in [7, 11) is 0. The summed E-state index contributed by atoms with van der Waals surface area (Å²) in [6.45, 7) is 13.2. The van der Waals surface area contributed by atoms with Gasteiger partial charge in [-0.1, -0.05) is 53.5 Å². The first-order chi connectivity index (χ1) is 18.9. The van der Waals surface area contributed by atoms with Crippen molar-refractivity contribution in [1.82, 2.24) is 0 Å². The molecule has 0 aliphatic rings. The first-order valence-electron chi connectivity index (χ1n) is 13.9. The van der Waals surface area contributed by atoms with E-state index >= 15 is 0 Å². The van der Waals surface area contributed by atoms with Crippen LogP contribution in [0, 0.1) is 11.8 Å². The zero-order chi connectivity index (χ0) is 30.2. The summed E-state index contributed by atoms with van der Waals surface area (Å²) in [5, 5.41) is 0. The molecule has 226 valence electrons. The monoisotopic (exact) mass is 567 g/mol. The minimum Gasteiger partial charge on any atom is -0.459 e. The van der Waals surface area contributed by atoms with E-state index < -0.39 is 36.5 Å². The molecule has 0 aliphatic heterocycles. The second-order valence-electron chi connectivity index (χ2n) is 10.0. The van der Waals surface area contributed by atoms with Gasteiger partial charge in [0.05, 0.1) is 13.2 Å². The fourth-order valence-electron chi connectivity index (χ4n) is 3.01. The third-order valence-corrected chi connectivity index (χ3v) is 6.25. The van der Waals surface area contributed by atoms with Gasteiger partial charge in [-0.3, -0.25) is 9.59 Å². The summed E-state index contributed by atoms with van der Waals surface area (Å²) < 4.78 is 31.5. The normalized spacial score (nSPS) is 14.6. The van der Waals surface area contributed by atoms with Gasteiger partial charge in [0.25, 0.3) is 0 Å². The van der Waals surface area contributed by atoms with Crippen LogP contribution in [0.4, 0.5) is 9.59 Å². The molecule has 0 aliphatic carbocycles. The van der Waals surface area contributed by atoms with Crippen LogP contribution in [0.1, 0.15) is 79.7 Å². The molecule has 0 bridgehead atoms. The van der Waals surface area contributed by atoms with Crippen molar-refractivity contribution in [3.8, 4) is 11.5 Å². The maximum absolute atomic E-state index is 12.6. The predicted octanol–water partition coefficient (Wildman–Crippen LogP) is 5.34. The topological polar surface area (TPSA) is 150 Å². The fraction of sp³-hybridized carbons (Fsp3) is 0.655. The van der Waals surface area contributed by atoms with Gasteiger partial charge < -0.3 is 34.2 Å². The Labute approximate surface area is 236 Å². The Balaban J connectivity index is 2.95. The third kappa shape index (κ3) is 13.1. The van der Waals surface area contributed by atoms with Gasteiger partial charge in [-0.15, -0.1) is 0 Å². The highest BCUT2D eigenvalue weighted by Gasteiger charge is 2.25. The minimum atomic E-state index is -1.07. The van der Waals surface area contributed by atoms with Crippen LogP contribution in [0.15, 0.2) is 18.2 Å². The maximum Gasteiger partial charge on any atom is 0.513 e. The Morgan fingerprint density at radius 3 is 1.82 bits per heavy atom. The fourth-order valence-corrected chi connectivity index (χ4v) is 3.01. The molecule has 0 heterocycles. The lowest BCUT2D eigenvalue weighted by molar-refractivity contribution is -0.166. The van der Waals surface area contributed by atoms with Crippen LogP contribution < -0.4 is 15.2 Å². The quantitative estimate of drug-likeness (QED) is 0.157. The summed E-state index contributed by atoms with van der Waals surface area (Å²) in [5.74, 6) is -0.951. The van der Waals surface area contributed by atoms with Crippen LogP contribution in [0.25, 0.3) is 0 Å². The molecular weight excluding hydrogens is 522 g/mol. The number of ether oxygens (including phenoxy) is 6. The highest BCUT2D eigenvalue weighted by atomic mass is 16.7. The lowest BCUT2D eigenvalue weighted by atomic mass is 10.1. The average molecular weight is 568 g/mol. The molecule has 1 aromatic rings. The number of rotatable bonds is 16. The van der Waals surface area contributed by atoms with E-state index in [0.717, 1.165) is 12.8 Å². The van der Waals surface area contributed by atoms with Gasteiger partial charge in [-0.2, -0.15) is 0 Å². The first kappa shape index (κ1) is 34.7. The van der Waals surface area contributed by atoms with Gasteiger partial charge in [-0.05, 0) is 56.2 Å². The van der Waals surface area contributed by atoms with E-state index in [2.05, 4.69) is 0 Å². The van der Waals surface area contributed by atoms with Crippen molar-refractivity contribution in [1.29, 1.82) is 0 Å². The number of benzene rings is 1. The Hall–Kier alpha value is -3.34. The van der Waals surface area contributed by atoms with Crippen molar-refractivity contribution in [3.05, 3.63) is 23.8 Å². The molecule has 2 N–H and O–H groups in total. The van der Waals surface area contributed by atoms with E-state index in [0.29, 0.717) is 12.0 Å². The molecule has 11 nitrogen and oxygen atoms in total. The average Bonchev–Trinajstić information content (AvgIpc) is 2.91. The summed E-state index contributed by atoms with van der Waals surface area (Å²) in [5.41, 5.74) is 6.58. The van der Waals surface area contributed by atoms with Gasteiger partial charge >= 0.3 is 24.2 Å². The molecule has 40 heavy (non-hydrogen) atoms. The van der Waals surface area contributed by atoms with Gasteiger partial charge in [0, 0.05) is 6.42 Å². The molecule has 0 amide bonds. The lowest BCUT2D eigenvalue weighted by Gasteiger charge is -2.22. The third-order valence-electron chi connectivity index (χ3n) is 6.25. The molecule has 0 aromatic heterocycles. The maximum atomic E-state index is 12.6. The Morgan fingerprint density at radius 1 is 0.775 bits per heavy atom. The molecule has 0 radical (unpaired) electrons. The largest absolute Gasteiger partial charge is 0.513 e. The SMILES string of the molecule is CCCC(=O)OC(C)[C@H](C)OC(=O)[C@@H](N)Cc1ccc(OC(=O)OCC(C)CC)c(OC(=O)OCC(C)CC)c1. The number of hydrogen-bond donors (Lipinski definition) is 1. The van der Waals surface area contributed by atoms with Gasteiger partial charge in [0.15, 0.2) is 11.5 Å². The van der Waals surface area contributed by atoms with Gasteiger partial charge in [0.2, 0.25) is 0 Å². The zero-order valence-electron chi connectivity index (χ0n) is 24.7. The Kier molecular flexibility index (Phi) is 15.7. The second-order valence-corrected chi connectivity index (χ2v) is 10.0. The van der Waals surface area contributed by atoms with Gasteiger partial charge in [-0.25, -0.2) is 9.59 Å². The predicted molar refractivity (Wildman–Crippen MR) is 147 cm³/mol. The van der Waals surface area contributed by atoms with Crippen molar-refractivity contribution < 1.29 is 47.6 Å². The van der Waals surface area contributed by atoms with Crippen LogP contribution in [-0.4, -0.2) is 55.7 Å². The Bertz CT molecular complexity index is 966. The van der Waals surface area contributed by atoms with E-state index in [1.165, 1.54) is 12.1 Å². The van der Waals surface area contributed by atoms with Crippen LogP contribution >= 0.6 is 0 Å². The Morgan fingerprint density at radius 2 is 1.30 bits per heavy atom. The number of nitrogens with two attached hydrogens (primary N) is 1. The smallest absolute Gasteiger partial charge is 0.459 e. The van der Waals surface area contributed by atoms with Crippen LogP contribution in [0.3, 0.4) is 0 Å². The number of esters is 2. The van der Waals surface area contributed by atoms with Crippen molar-refractivity contribution in [2.24, 2.45) is 17.6 Å². The standard InChI is InChI=1S/C29H45NO10/c1-8-11-26(31)37-20(6)21(7)38-27(32)23(30)14-22-12-13-24(39-28(33)35-16-18(4)9-2)25(15-22)40-29(34)36-17-19(5)10-3/h12-13,15,18-21,23H,8-11,14,16-17,30H2,1-7H3/t18?,19?,20?,21-,23-/m0/s1. The molecular formula is C29H45NO10. The summed E-state index contributed by atoms with van der Waals surface area (Å²) in [6, 6.07) is 3.33. The molecule has 0 fully saturated rings.